The first-order valence-corrected chi connectivity index (χ1v) is 7.16. The van der Waals surface area contributed by atoms with Crippen molar-refractivity contribution >= 4 is 23.6 Å². The lowest BCUT2D eigenvalue weighted by Crippen LogP contribution is -2.22. The highest BCUT2D eigenvalue weighted by Crippen LogP contribution is 2.16. The van der Waals surface area contributed by atoms with E-state index in [4.69, 9.17) is 5.73 Å². The lowest BCUT2D eigenvalue weighted by molar-refractivity contribution is -0.133. The number of hydrogen-bond acceptors (Lipinski definition) is 7. The molecular weight excluding hydrogens is 290 g/mol. The summed E-state index contributed by atoms with van der Waals surface area (Å²) in [6.07, 6.45) is -0.933. The van der Waals surface area contributed by atoms with Crippen LogP contribution in [-0.4, -0.2) is 23.8 Å². The van der Waals surface area contributed by atoms with Crippen LogP contribution in [0.25, 0.3) is 0 Å². The van der Waals surface area contributed by atoms with Crippen molar-refractivity contribution in [3.05, 3.63) is 52.0 Å². The van der Waals surface area contributed by atoms with Crippen molar-refractivity contribution < 1.29 is 14.3 Å². The first-order valence-electron chi connectivity index (χ1n) is 6.28. The Labute approximate surface area is 125 Å². The number of carbonyl (C=O) groups excluding carboxylic acids is 2. The number of hydrogen-bond donors (Lipinski definition) is 2. The van der Waals surface area contributed by atoms with Crippen LogP contribution in [0.2, 0.25) is 0 Å². The molecule has 0 amide bonds. The largest absolute Gasteiger partial charge is 0.443 e. The summed E-state index contributed by atoms with van der Waals surface area (Å²) in [5, 5.41) is 5.01. The Hall–Kier alpha value is -2.09. The molecular formula is C14H15N3O3S. The zero-order valence-electron chi connectivity index (χ0n) is 11.2. The zero-order chi connectivity index (χ0) is 15.1. The van der Waals surface area contributed by atoms with Gasteiger partial charge in [0, 0.05) is 11.9 Å². The number of ether oxygens (including phenoxy) is 1. The van der Waals surface area contributed by atoms with E-state index in [1.165, 1.54) is 11.3 Å². The number of nitrogens with one attached hydrogen (secondary N) is 1. The molecule has 2 aromatic rings. The molecule has 2 rings (SSSR count). The number of benzene rings is 1. The number of carbonyl (C=O) groups is 2. The number of thiazole rings is 1. The number of rotatable bonds is 8. The van der Waals surface area contributed by atoms with E-state index in [9.17, 15) is 9.59 Å². The average Bonchev–Trinajstić information content (AvgIpc) is 2.98. The van der Waals surface area contributed by atoms with Crippen molar-refractivity contribution in [3.63, 3.8) is 0 Å². The van der Waals surface area contributed by atoms with Crippen LogP contribution in [-0.2, 0) is 16.1 Å². The molecule has 0 saturated carbocycles. The quantitative estimate of drug-likeness (QED) is 0.433. The van der Waals surface area contributed by atoms with Gasteiger partial charge in [0.2, 0.25) is 5.78 Å². The molecule has 0 radical (unpaired) electrons. The van der Waals surface area contributed by atoms with E-state index in [0.717, 1.165) is 5.56 Å². The van der Waals surface area contributed by atoms with E-state index in [1.54, 1.807) is 5.38 Å². The molecule has 0 aliphatic heterocycles. The highest BCUT2D eigenvalue weighted by atomic mass is 32.1. The Morgan fingerprint density at radius 1 is 1.43 bits per heavy atom. The molecule has 7 heteroatoms. The number of ketones is 1. The zero-order valence-corrected chi connectivity index (χ0v) is 12.0. The minimum Gasteiger partial charge on any atom is -0.443 e. The van der Waals surface area contributed by atoms with Crippen LogP contribution >= 0.6 is 11.3 Å². The van der Waals surface area contributed by atoms with E-state index in [-0.39, 0.29) is 18.8 Å². The van der Waals surface area contributed by atoms with Crippen molar-refractivity contribution in [1.29, 1.82) is 0 Å². The van der Waals surface area contributed by atoms with Gasteiger partial charge in [0.05, 0.1) is 6.54 Å². The first-order chi connectivity index (χ1) is 10.2. The molecule has 6 nitrogen and oxygen atoms in total. The minimum atomic E-state index is -0.933. The Balaban J connectivity index is 1.84. The minimum absolute atomic E-state index is 0.125. The van der Waals surface area contributed by atoms with Crippen LogP contribution < -0.4 is 11.1 Å². The smallest absolute Gasteiger partial charge is 0.294 e. The number of nitrogens with zero attached hydrogens (tertiary/aromatic N) is 1. The van der Waals surface area contributed by atoms with Crippen LogP contribution in [0.3, 0.4) is 0 Å². The summed E-state index contributed by atoms with van der Waals surface area (Å²) in [6.45, 7) is 1.05. The lowest BCUT2D eigenvalue weighted by atomic mass is 10.2. The molecule has 0 saturated heterocycles. The summed E-state index contributed by atoms with van der Waals surface area (Å²) >= 11 is 1.18. The highest BCUT2D eigenvalue weighted by Gasteiger charge is 2.15. The van der Waals surface area contributed by atoms with Crippen LogP contribution in [0.1, 0.15) is 27.3 Å². The second-order valence-corrected chi connectivity index (χ2v) is 5.10. The molecule has 0 aliphatic rings. The lowest BCUT2D eigenvalue weighted by Gasteiger charge is -2.05. The van der Waals surface area contributed by atoms with E-state index in [1.807, 2.05) is 30.3 Å². The number of Topliss-reactive ketones (excluding diaryl/α,β-unsaturated/α-hetero) is 1. The SMILES string of the molecule is NC(OC=O)c1csc(C(=O)CNCc2ccccc2)n1. The molecule has 1 aromatic carbocycles. The third-order valence-corrected chi connectivity index (χ3v) is 3.61. The van der Waals surface area contributed by atoms with Gasteiger partial charge in [0.15, 0.2) is 11.2 Å². The summed E-state index contributed by atoms with van der Waals surface area (Å²) in [7, 11) is 0. The molecule has 3 N–H and O–H groups in total. The third kappa shape index (κ3) is 4.45. The fraction of sp³-hybridized carbons (Fsp3) is 0.214. The second kappa shape index (κ2) is 7.63. The Morgan fingerprint density at radius 3 is 2.90 bits per heavy atom. The van der Waals surface area contributed by atoms with Crippen LogP contribution in [0.15, 0.2) is 35.7 Å². The molecule has 0 bridgehead atoms. The summed E-state index contributed by atoms with van der Waals surface area (Å²) in [5.74, 6) is -0.125. The van der Waals surface area contributed by atoms with Gasteiger partial charge in [-0.1, -0.05) is 30.3 Å². The van der Waals surface area contributed by atoms with Crippen LogP contribution in [0, 0.1) is 0 Å². The normalized spacial score (nSPS) is 11.9. The predicted octanol–water partition coefficient (Wildman–Crippen LogP) is 1.25. The highest BCUT2D eigenvalue weighted by molar-refractivity contribution is 7.11. The monoisotopic (exact) mass is 305 g/mol. The van der Waals surface area contributed by atoms with Gasteiger partial charge in [-0.05, 0) is 5.56 Å². The van der Waals surface area contributed by atoms with Gasteiger partial charge in [-0.3, -0.25) is 15.3 Å². The van der Waals surface area contributed by atoms with Crippen molar-refractivity contribution in [2.75, 3.05) is 6.54 Å². The molecule has 0 spiro atoms. The molecule has 1 atom stereocenters. The number of aromatic nitrogens is 1. The van der Waals surface area contributed by atoms with Crippen LogP contribution in [0.5, 0.6) is 0 Å². The van der Waals surface area contributed by atoms with Gasteiger partial charge in [-0.15, -0.1) is 11.3 Å². The van der Waals surface area contributed by atoms with E-state index in [0.29, 0.717) is 17.2 Å². The van der Waals surface area contributed by atoms with Crippen molar-refractivity contribution in [2.24, 2.45) is 5.73 Å². The molecule has 110 valence electrons. The Morgan fingerprint density at radius 2 is 2.19 bits per heavy atom. The predicted molar refractivity (Wildman–Crippen MR) is 78.7 cm³/mol. The van der Waals surface area contributed by atoms with Crippen LogP contribution in [0.4, 0.5) is 0 Å². The first kappa shape index (κ1) is 15.3. The summed E-state index contributed by atoms with van der Waals surface area (Å²) in [6, 6.07) is 9.79. The van der Waals surface area contributed by atoms with E-state index in [2.05, 4.69) is 15.0 Å². The molecule has 0 fully saturated rings. The molecule has 1 aromatic heterocycles. The summed E-state index contributed by atoms with van der Waals surface area (Å²) in [5.41, 5.74) is 7.04. The van der Waals surface area contributed by atoms with Gasteiger partial charge >= 0.3 is 0 Å². The molecule has 1 unspecified atom stereocenters. The van der Waals surface area contributed by atoms with Crippen molar-refractivity contribution in [1.82, 2.24) is 10.3 Å². The standard InChI is InChI=1S/C14H15N3O3S/c15-13(20-9-18)11-8-21-14(17-11)12(19)7-16-6-10-4-2-1-3-5-10/h1-5,8-9,13,16H,6-7,15H2. The van der Waals surface area contributed by atoms with Crippen molar-refractivity contribution in [2.45, 2.75) is 12.8 Å². The third-order valence-electron chi connectivity index (χ3n) is 2.71. The summed E-state index contributed by atoms with van der Waals surface area (Å²) < 4.78 is 4.57. The molecule has 0 aliphatic carbocycles. The maximum atomic E-state index is 12.0. The van der Waals surface area contributed by atoms with Gasteiger partial charge in [0.1, 0.15) is 5.69 Å². The molecule has 1 heterocycles. The fourth-order valence-electron chi connectivity index (χ4n) is 1.67. The van der Waals surface area contributed by atoms with Gasteiger partial charge in [-0.2, -0.15) is 0 Å². The Kier molecular flexibility index (Phi) is 5.56. The number of nitrogens with two attached hydrogens (primary N) is 1. The molecule has 21 heavy (non-hydrogen) atoms. The van der Waals surface area contributed by atoms with E-state index >= 15 is 0 Å². The summed E-state index contributed by atoms with van der Waals surface area (Å²) in [4.78, 5) is 26.2. The average molecular weight is 305 g/mol. The van der Waals surface area contributed by atoms with Crippen molar-refractivity contribution in [3.8, 4) is 0 Å². The Bertz CT molecular complexity index is 601. The maximum absolute atomic E-state index is 12.0. The van der Waals surface area contributed by atoms with Gasteiger partial charge < -0.3 is 10.1 Å². The topological polar surface area (TPSA) is 94.3 Å². The fourth-order valence-corrected chi connectivity index (χ4v) is 2.45. The van der Waals surface area contributed by atoms with Gasteiger partial charge in [0.25, 0.3) is 6.47 Å². The van der Waals surface area contributed by atoms with Gasteiger partial charge in [-0.25, -0.2) is 4.98 Å². The second-order valence-electron chi connectivity index (χ2n) is 4.24. The van der Waals surface area contributed by atoms with E-state index < -0.39 is 6.23 Å². The maximum Gasteiger partial charge on any atom is 0.294 e.